The van der Waals surface area contributed by atoms with E-state index in [0.29, 0.717) is 23.0 Å². The van der Waals surface area contributed by atoms with Gasteiger partial charge in [0, 0.05) is 34.6 Å². The summed E-state index contributed by atoms with van der Waals surface area (Å²) in [6, 6.07) is 13.9. The van der Waals surface area contributed by atoms with Crippen LogP contribution in [0.5, 0.6) is 0 Å². The maximum absolute atomic E-state index is 14.4. The Balaban J connectivity index is 1.93. The van der Waals surface area contributed by atoms with Crippen molar-refractivity contribution in [2.24, 2.45) is 0 Å². The van der Waals surface area contributed by atoms with Gasteiger partial charge in [-0.05, 0) is 53.1 Å². The van der Waals surface area contributed by atoms with Gasteiger partial charge in [0.2, 0.25) is 11.3 Å². The molecule has 1 heterocycles. The highest BCUT2D eigenvalue weighted by Crippen LogP contribution is 2.31. The fraction of sp³-hybridized carbons (Fsp3) is 0.148. The molecule has 0 saturated carbocycles. The smallest absolute Gasteiger partial charge is 0.341 e. The molecule has 1 amide bonds. The molecule has 36 heavy (non-hydrogen) atoms. The number of carbonyl (C=O) groups is 2. The molecule has 4 rings (SSSR count). The molecule has 0 bridgehead atoms. The monoisotopic (exact) mass is 554 g/mol. The van der Waals surface area contributed by atoms with Crippen molar-refractivity contribution in [3.63, 3.8) is 0 Å². The van der Waals surface area contributed by atoms with Gasteiger partial charge in [-0.15, -0.1) is 0 Å². The summed E-state index contributed by atoms with van der Waals surface area (Å²) >= 11 is 3.43. The normalized spacial score (nSPS) is 11.0. The number of aromatic carboxylic acids is 1. The second-order valence-corrected chi connectivity index (χ2v) is 8.71. The first-order valence-electron chi connectivity index (χ1n) is 11.1. The second-order valence-electron chi connectivity index (χ2n) is 8.14. The molecule has 0 radical (unpaired) electrons. The zero-order chi connectivity index (χ0) is 26.0. The summed E-state index contributed by atoms with van der Waals surface area (Å²) in [5, 5.41) is 12.9. The number of alkyl halides is 1. The lowest BCUT2D eigenvalue weighted by Crippen LogP contribution is -2.20. The number of pyridine rings is 1. The summed E-state index contributed by atoms with van der Waals surface area (Å²) in [4.78, 5) is 36.5. The van der Waals surface area contributed by atoms with Crippen LogP contribution in [0.4, 0.5) is 14.5 Å². The van der Waals surface area contributed by atoms with Crippen LogP contribution < -0.4 is 10.7 Å². The van der Waals surface area contributed by atoms with Gasteiger partial charge < -0.3 is 15.0 Å². The van der Waals surface area contributed by atoms with E-state index >= 15 is 0 Å². The molecular weight excluding hydrogens is 534 g/mol. The first kappa shape index (κ1) is 25.2. The third-order valence-corrected chi connectivity index (χ3v) is 6.47. The highest BCUT2D eigenvalue weighted by Gasteiger charge is 2.19. The van der Waals surface area contributed by atoms with Gasteiger partial charge in [0.15, 0.2) is 0 Å². The number of carboxylic acids is 1. The molecule has 0 aliphatic carbocycles. The van der Waals surface area contributed by atoms with Crippen molar-refractivity contribution < 1.29 is 23.5 Å². The molecule has 0 unspecified atom stereocenters. The van der Waals surface area contributed by atoms with Gasteiger partial charge in [0.05, 0.1) is 12.1 Å². The quantitative estimate of drug-likeness (QED) is 0.277. The largest absolute Gasteiger partial charge is 0.477 e. The van der Waals surface area contributed by atoms with Crippen molar-refractivity contribution in [1.29, 1.82) is 0 Å². The fourth-order valence-electron chi connectivity index (χ4n) is 3.98. The van der Waals surface area contributed by atoms with Gasteiger partial charge in [0.1, 0.15) is 17.2 Å². The number of nitrogens with zero attached hydrogens (tertiary/aromatic N) is 1. The number of anilines is 1. The zero-order valence-corrected chi connectivity index (χ0v) is 20.7. The number of rotatable bonds is 7. The molecule has 0 aliphatic rings. The van der Waals surface area contributed by atoms with Crippen LogP contribution in [0.1, 0.15) is 34.8 Å². The fourth-order valence-corrected chi connectivity index (χ4v) is 4.44. The Bertz CT molecular complexity index is 1530. The van der Waals surface area contributed by atoms with E-state index in [2.05, 4.69) is 21.2 Å². The molecule has 0 fully saturated rings. The Morgan fingerprint density at radius 3 is 2.31 bits per heavy atom. The molecule has 0 atom stereocenters. The molecular formula is C27H21BrF2N2O4. The number of halogens is 3. The van der Waals surface area contributed by atoms with E-state index < -0.39 is 28.6 Å². The molecule has 2 N–H and O–H groups in total. The third kappa shape index (κ3) is 4.92. The first-order valence-corrected chi connectivity index (χ1v) is 12.2. The SMILES string of the molecule is CCC(=O)Nc1ccc(-c2cc3c(cc2CBr)c(=O)c(C(=O)O)cn3Cc2c(F)cccc2F)cc1. The predicted octanol–water partition coefficient (Wildman–Crippen LogP) is 5.94. The third-order valence-electron chi connectivity index (χ3n) is 5.87. The molecule has 3 aromatic carbocycles. The van der Waals surface area contributed by atoms with Crippen LogP contribution in [0.15, 0.2) is 65.6 Å². The van der Waals surface area contributed by atoms with Gasteiger partial charge in [-0.1, -0.05) is 41.1 Å². The van der Waals surface area contributed by atoms with Crippen LogP contribution in [0.25, 0.3) is 22.0 Å². The number of hydrogen-bond acceptors (Lipinski definition) is 3. The van der Waals surface area contributed by atoms with E-state index in [-0.39, 0.29) is 23.4 Å². The number of carbonyl (C=O) groups excluding carboxylic acids is 1. The summed E-state index contributed by atoms with van der Waals surface area (Å²) in [7, 11) is 0. The van der Waals surface area contributed by atoms with Crippen molar-refractivity contribution in [3.8, 4) is 11.1 Å². The van der Waals surface area contributed by atoms with Crippen molar-refractivity contribution in [3.05, 3.63) is 99.3 Å². The standard InChI is InChI=1S/C27H21BrF2N2O4/c1-2-25(33)31-17-8-6-15(7-9-17)18-11-24-19(10-16(18)12-28)26(34)21(27(35)36)14-32(24)13-20-22(29)4-3-5-23(20)30/h3-11,14H,2,12-13H2,1H3,(H,31,33)(H,35,36). The Hall–Kier alpha value is -3.85. The Kier molecular flexibility index (Phi) is 7.30. The maximum Gasteiger partial charge on any atom is 0.341 e. The summed E-state index contributed by atoms with van der Waals surface area (Å²) in [6.07, 6.45) is 1.46. The summed E-state index contributed by atoms with van der Waals surface area (Å²) in [5.74, 6) is -3.10. The maximum atomic E-state index is 14.4. The summed E-state index contributed by atoms with van der Waals surface area (Å²) < 4.78 is 30.2. The average molecular weight is 555 g/mol. The lowest BCUT2D eigenvalue weighted by Gasteiger charge is -2.17. The van der Waals surface area contributed by atoms with Crippen molar-refractivity contribution in [2.45, 2.75) is 25.2 Å². The number of carboxylic acid groups (broad SMARTS) is 1. The lowest BCUT2D eigenvalue weighted by atomic mass is 9.97. The minimum absolute atomic E-state index is 0.117. The number of amides is 1. The van der Waals surface area contributed by atoms with Gasteiger partial charge >= 0.3 is 5.97 Å². The molecule has 9 heteroatoms. The number of fused-ring (bicyclic) bond motifs is 1. The van der Waals surface area contributed by atoms with Gasteiger partial charge in [-0.2, -0.15) is 0 Å². The first-order chi connectivity index (χ1) is 17.2. The zero-order valence-electron chi connectivity index (χ0n) is 19.1. The van der Waals surface area contributed by atoms with E-state index in [9.17, 15) is 28.3 Å². The van der Waals surface area contributed by atoms with Crippen LogP contribution in [-0.4, -0.2) is 21.6 Å². The van der Waals surface area contributed by atoms with Gasteiger partial charge in [0.25, 0.3) is 0 Å². The minimum atomic E-state index is -1.43. The van der Waals surface area contributed by atoms with E-state index in [1.54, 1.807) is 31.2 Å². The molecule has 0 spiro atoms. The average Bonchev–Trinajstić information content (AvgIpc) is 2.87. The molecule has 0 aliphatic heterocycles. The van der Waals surface area contributed by atoms with Crippen LogP contribution >= 0.6 is 15.9 Å². The van der Waals surface area contributed by atoms with Crippen LogP contribution in [0, 0.1) is 11.6 Å². The Labute approximate surface area is 213 Å². The van der Waals surface area contributed by atoms with E-state index in [1.165, 1.54) is 10.6 Å². The molecule has 0 saturated heterocycles. The molecule has 4 aromatic rings. The van der Waals surface area contributed by atoms with E-state index in [1.807, 2.05) is 12.1 Å². The highest BCUT2D eigenvalue weighted by molar-refractivity contribution is 9.08. The second kappa shape index (κ2) is 10.4. The predicted molar refractivity (Wildman–Crippen MR) is 138 cm³/mol. The van der Waals surface area contributed by atoms with Gasteiger partial charge in [-0.25, -0.2) is 13.6 Å². The molecule has 6 nitrogen and oxygen atoms in total. The van der Waals surface area contributed by atoms with Crippen LogP contribution in [0.3, 0.4) is 0 Å². The van der Waals surface area contributed by atoms with Crippen molar-refractivity contribution >= 4 is 44.4 Å². The molecule has 1 aromatic heterocycles. The van der Waals surface area contributed by atoms with Crippen molar-refractivity contribution in [1.82, 2.24) is 4.57 Å². The summed E-state index contributed by atoms with van der Waals surface area (Å²) in [6.45, 7) is 1.44. The molecule has 184 valence electrons. The highest BCUT2D eigenvalue weighted by atomic mass is 79.9. The number of benzene rings is 3. The Morgan fingerprint density at radius 1 is 1.06 bits per heavy atom. The number of nitrogens with one attached hydrogen (secondary N) is 1. The summed E-state index contributed by atoms with van der Waals surface area (Å²) in [5.41, 5.74) is 1.76. The van der Waals surface area contributed by atoms with E-state index in [4.69, 9.17) is 0 Å². The number of aromatic nitrogens is 1. The van der Waals surface area contributed by atoms with E-state index in [0.717, 1.165) is 35.0 Å². The topological polar surface area (TPSA) is 88.4 Å². The lowest BCUT2D eigenvalue weighted by molar-refractivity contribution is -0.115. The van der Waals surface area contributed by atoms with Gasteiger partial charge in [-0.3, -0.25) is 9.59 Å². The number of hydrogen-bond donors (Lipinski definition) is 2. The minimum Gasteiger partial charge on any atom is -0.477 e. The Morgan fingerprint density at radius 2 is 1.72 bits per heavy atom. The van der Waals surface area contributed by atoms with Crippen molar-refractivity contribution in [2.75, 3.05) is 5.32 Å². The van der Waals surface area contributed by atoms with Crippen LogP contribution in [0.2, 0.25) is 0 Å². The van der Waals surface area contributed by atoms with Crippen LogP contribution in [-0.2, 0) is 16.7 Å².